The molecule has 2 amide bonds. The summed E-state index contributed by atoms with van der Waals surface area (Å²) in [6, 6.07) is 1.38. The molecule has 0 spiro atoms. The number of hydrogen-bond donors (Lipinski definition) is 2. The Kier molecular flexibility index (Phi) is 3.87. The predicted octanol–water partition coefficient (Wildman–Crippen LogP) is 2.81. The molecule has 0 aromatic heterocycles. The van der Waals surface area contributed by atoms with Crippen molar-refractivity contribution in [3.05, 3.63) is 23.8 Å². The van der Waals surface area contributed by atoms with E-state index in [0.29, 0.717) is 25.1 Å². The molecular formula is C13H17F2N3O. The first-order valence-corrected chi connectivity index (χ1v) is 6.28. The highest BCUT2D eigenvalue weighted by Crippen LogP contribution is 2.22. The number of benzene rings is 1. The Morgan fingerprint density at radius 1 is 1.32 bits per heavy atom. The van der Waals surface area contributed by atoms with Crippen LogP contribution in [0.4, 0.5) is 25.0 Å². The van der Waals surface area contributed by atoms with E-state index in [1.807, 2.05) is 0 Å². The topological polar surface area (TPSA) is 58.4 Å². The maximum Gasteiger partial charge on any atom is 0.321 e. The summed E-state index contributed by atoms with van der Waals surface area (Å²) in [5.41, 5.74) is 5.07. The number of urea groups is 1. The lowest BCUT2D eigenvalue weighted by Gasteiger charge is -2.30. The number of halogens is 2. The highest BCUT2D eigenvalue weighted by Gasteiger charge is 2.21. The molecule has 1 saturated heterocycles. The molecule has 1 aromatic rings. The number of amides is 2. The smallest absolute Gasteiger partial charge is 0.321 e. The van der Waals surface area contributed by atoms with E-state index in [1.165, 1.54) is 0 Å². The first-order valence-electron chi connectivity index (χ1n) is 6.28. The van der Waals surface area contributed by atoms with Gasteiger partial charge in [0.1, 0.15) is 11.6 Å². The Bertz CT molecular complexity index is 485. The molecule has 1 aromatic carbocycles. The summed E-state index contributed by atoms with van der Waals surface area (Å²) in [5, 5.41) is 2.43. The molecule has 4 nitrogen and oxygen atoms in total. The maximum atomic E-state index is 13.5. The third-order valence-electron chi connectivity index (χ3n) is 3.40. The van der Waals surface area contributed by atoms with Crippen molar-refractivity contribution in [1.82, 2.24) is 4.90 Å². The normalized spacial score (nSPS) is 16.5. The van der Waals surface area contributed by atoms with Crippen LogP contribution in [0.25, 0.3) is 0 Å². The Balaban J connectivity index is 2.05. The fraction of sp³-hybridized carbons (Fsp3) is 0.462. The SMILES string of the molecule is CC1CCN(C(=O)Nc2cc(N)c(F)cc2F)CC1. The van der Waals surface area contributed by atoms with Gasteiger partial charge in [-0.2, -0.15) is 0 Å². The molecule has 1 heterocycles. The van der Waals surface area contributed by atoms with Crippen LogP contribution < -0.4 is 11.1 Å². The summed E-state index contributed by atoms with van der Waals surface area (Å²) in [4.78, 5) is 13.6. The zero-order valence-electron chi connectivity index (χ0n) is 10.7. The number of nitrogens with two attached hydrogens (primary N) is 1. The average Bonchev–Trinajstić information content (AvgIpc) is 2.36. The molecule has 19 heavy (non-hydrogen) atoms. The van der Waals surface area contributed by atoms with E-state index in [0.717, 1.165) is 18.9 Å². The van der Waals surface area contributed by atoms with Gasteiger partial charge in [-0.1, -0.05) is 6.92 Å². The number of anilines is 2. The van der Waals surface area contributed by atoms with Gasteiger partial charge in [0.15, 0.2) is 0 Å². The third kappa shape index (κ3) is 3.13. The van der Waals surface area contributed by atoms with Crippen molar-refractivity contribution in [2.45, 2.75) is 19.8 Å². The Morgan fingerprint density at radius 3 is 2.58 bits per heavy atom. The molecule has 0 radical (unpaired) electrons. The minimum atomic E-state index is -0.831. The van der Waals surface area contributed by atoms with Crippen molar-refractivity contribution in [2.75, 3.05) is 24.1 Å². The van der Waals surface area contributed by atoms with Crippen LogP contribution in [-0.4, -0.2) is 24.0 Å². The van der Waals surface area contributed by atoms with E-state index in [-0.39, 0.29) is 17.4 Å². The van der Waals surface area contributed by atoms with Gasteiger partial charge in [-0.3, -0.25) is 0 Å². The molecule has 0 unspecified atom stereocenters. The molecule has 0 bridgehead atoms. The molecule has 1 aliphatic rings. The van der Waals surface area contributed by atoms with Gasteiger partial charge in [0.2, 0.25) is 0 Å². The number of rotatable bonds is 1. The number of carbonyl (C=O) groups is 1. The van der Waals surface area contributed by atoms with Crippen molar-refractivity contribution < 1.29 is 13.6 Å². The van der Waals surface area contributed by atoms with Gasteiger partial charge in [0.25, 0.3) is 0 Å². The van der Waals surface area contributed by atoms with Crippen molar-refractivity contribution in [2.24, 2.45) is 5.92 Å². The van der Waals surface area contributed by atoms with Crippen molar-refractivity contribution in [3.8, 4) is 0 Å². The number of hydrogen-bond acceptors (Lipinski definition) is 2. The molecule has 0 aliphatic carbocycles. The monoisotopic (exact) mass is 269 g/mol. The number of nitrogens with zero attached hydrogens (tertiary/aromatic N) is 1. The van der Waals surface area contributed by atoms with Gasteiger partial charge in [-0.25, -0.2) is 13.6 Å². The summed E-state index contributed by atoms with van der Waals surface area (Å²) in [5.74, 6) is -1.06. The van der Waals surface area contributed by atoms with Gasteiger partial charge >= 0.3 is 6.03 Å². The van der Waals surface area contributed by atoms with E-state index in [4.69, 9.17) is 5.73 Å². The van der Waals surface area contributed by atoms with E-state index in [1.54, 1.807) is 4.90 Å². The molecule has 1 aliphatic heterocycles. The lowest BCUT2D eigenvalue weighted by molar-refractivity contribution is 0.186. The zero-order chi connectivity index (χ0) is 14.0. The van der Waals surface area contributed by atoms with Crippen LogP contribution in [0.2, 0.25) is 0 Å². The summed E-state index contributed by atoms with van der Waals surface area (Å²) in [6.45, 7) is 3.42. The molecule has 3 N–H and O–H groups in total. The molecule has 0 saturated carbocycles. The minimum Gasteiger partial charge on any atom is -0.396 e. The summed E-state index contributed by atoms with van der Waals surface area (Å²) in [7, 11) is 0. The van der Waals surface area contributed by atoms with Gasteiger partial charge in [-0.15, -0.1) is 0 Å². The molecule has 1 fully saturated rings. The molecule has 2 rings (SSSR count). The fourth-order valence-electron chi connectivity index (χ4n) is 2.07. The van der Waals surface area contributed by atoms with Crippen LogP contribution in [0, 0.1) is 17.6 Å². The largest absolute Gasteiger partial charge is 0.396 e. The van der Waals surface area contributed by atoms with E-state index < -0.39 is 11.6 Å². The van der Waals surface area contributed by atoms with Gasteiger partial charge in [-0.05, 0) is 24.8 Å². The molecule has 0 atom stereocenters. The first kappa shape index (κ1) is 13.6. The first-order chi connectivity index (χ1) is 8.97. The Morgan fingerprint density at radius 2 is 1.95 bits per heavy atom. The summed E-state index contributed by atoms with van der Waals surface area (Å²) < 4.78 is 26.5. The van der Waals surface area contributed by atoms with Gasteiger partial charge < -0.3 is 16.0 Å². The second-order valence-electron chi connectivity index (χ2n) is 4.95. The van der Waals surface area contributed by atoms with Crippen LogP contribution in [0.15, 0.2) is 12.1 Å². The average molecular weight is 269 g/mol. The Hall–Kier alpha value is -1.85. The third-order valence-corrected chi connectivity index (χ3v) is 3.40. The van der Waals surface area contributed by atoms with Crippen molar-refractivity contribution >= 4 is 17.4 Å². The van der Waals surface area contributed by atoms with Crippen molar-refractivity contribution in [3.63, 3.8) is 0 Å². The predicted molar refractivity (Wildman–Crippen MR) is 69.8 cm³/mol. The van der Waals surface area contributed by atoms with Crippen LogP contribution in [0.3, 0.4) is 0 Å². The summed E-state index contributed by atoms with van der Waals surface area (Å²) in [6.07, 6.45) is 1.86. The minimum absolute atomic E-state index is 0.0949. The lowest BCUT2D eigenvalue weighted by Crippen LogP contribution is -2.40. The number of carbonyl (C=O) groups excluding carboxylic acids is 1. The highest BCUT2D eigenvalue weighted by atomic mass is 19.1. The molecule has 6 heteroatoms. The molecular weight excluding hydrogens is 252 g/mol. The van der Waals surface area contributed by atoms with Gasteiger partial charge in [0.05, 0.1) is 11.4 Å². The fourth-order valence-corrected chi connectivity index (χ4v) is 2.07. The summed E-state index contributed by atoms with van der Waals surface area (Å²) >= 11 is 0. The van der Waals surface area contributed by atoms with Crippen LogP contribution >= 0.6 is 0 Å². The van der Waals surface area contributed by atoms with Crippen LogP contribution in [0.1, 0.15) is 19.8 Å². The van der Waals surface area contributed by atoms with E-state index in [9.17, 15) is 13.6 Å². The lowest BCUT2D eigenvalue weighted by atomic mass is 10.00. The maximum absolute atomic E-state index is 13.5. The standard InChI is InChI=1S/C13H17F2N3O/c1-8-2-4-18(5-3-8)13(19)17-12-7-11(16)9(14)6-10(12)15/h6-8H,2-5,16H2,1H3,(H,17,19). The van der Waals surface area contributed by atoms with Crippen LogP contribution in [-0.2, 0) is 0 Å². The highest BCUT2D eigenvalue weighted by molar-refractivity contribution is 5.90. The second kappa shape index (κ2) is 5.42. The Labute approximate surface area is 110 Å². The van der Waals surface area contributed by atoms with Crippen LogP contribution in [0.5, 0.6) is 0 Å². The number of nitrogens with one attached hydrogen (secondary N) is 1. The molecule has 104 valence electrons. The quantitative estimate of drug-likeness (QED) is 0.770. The van der Waals surface area contributed by atoms with Crippen molar-refractivity contribution in [1.29, 1.82) is 0 Å². The van der Waals surface area contributed by atoms with E-state index in [2.05, 4.69) is 12.2 Å². The van der Waals surface area contributed by atoms with Gasteiger partial charge in [0, 0.05) is 19.2 Å². The number of nitrogen functional groups attached to an aromatic ring is 1. The second-order valence-corrected chi connectivity index (χ2v) is 4.95. The number of likely N-dealkylation sites (tertiary alicyclic amines) is 1. The number of piperidine rings is 1. The zero-order valence-corrected chi connectivity index (χ0v) is 10.7. The van der Waals surface area contributed by atoms with E-state index >= 15 is 0 Å².